The number of hydrogen-bond donors (Lipinski definition) is 0. The van der Waals surface area contributed by atoms with Gasteiger partial charge in [0.05, 0.1) is 0 Å². The van der Waals surface area contributed by atoms with Crippen LogP contribution in [0.4, 0.5) is 13.2 Å². The lowest BCUT2D eigenvalue weighted by Gasteiger charge is -2.09. The van der Waals surface area contributed by atoms with Crippen molar-refractivity contribution in [2.75, 3.05) is 0 Å². The van der Waals surface area contributed by atoms with Gasteiger partial charge in [-0.1, -0.05) is 38.3 Å². The summed E-state index contributed by atoms with van der Waals surface area (Å²) in [7, 11) is 0. The molecule has 0 bridgehead atoms. The van der Waals surface area contributed by atoms with Crippen molar-refractivity contribution in [3.8, 4) is 5.75 Å². The predicted molar refractivity (Wildman–Crippen MR) is 60.7 cm³/mol. The SMILES string of the molecule is CCCCC[CH]c1ccc(OC(F)(F)F)cc1. The maximum atomic E-state index is 11.9. The topological polar surface area (TPSA) is 9.23 Å². The molecular weight excluding hydrogens is 229 g/mol. The highest BCUT2D eigenvalue weighted by Crippen LogP contribution is 2.23. The zero-order chi connectivity index (χ0) is 12.7. The first kappa shape index (κ1) is 13.9. The van der Waals surface area contributed by atoms with Gasteiger partial charge >= 0.3 is 6.36 Å². The molecule has 0 aliphatic rings. The van der Waals surface area contributed by atoms with Gasteiger partial charge in [0.15, 0.2) is 0 Å². The summed E-state index contributed by atoms with van der Waals surface area (Å²) >= 11 is 0. The van der Waals surface area contributed by atoms with E-state index in [2.05, 4.69) is 11.7 Å². The van der Waals surface area contributed by atoms with Crippen LogP contribution in [0.3, 0.4) is 0 Å². The molecule has 4 heteroatoms. The molecule has 0 aliphatic carbocycles. The number of unbranched alkanes of at least 4 members (excludes halogenated alkanes) is 3. The van der Waals surface area contributed by atoms with Gasteiger partial charge in [0.1, 0.15) is 5.75 Å². The first-order valence-electron chi connectivity index (χ1n) is 5.70. The largest absolute Gasteiger partial charge is 0.573 e. The molecule has 0 amide bonds. The highest BCUT2D eigenvalue weighted by atomic mass is 19.4. The van der Waals surface area contributed by atoms with Crippen LogP contribution in [0.15, 0.2) is 24.3 Å². The Labute approximate surface area is 99.6 Å². The van der Waals surface area contributed by atoms with Crippen molar-refractivity contribution < 1.29 is 17.9 Å². The van der Waals surface area contributed by atoms with E-state index in [1.807, 2.05) is 6.42 Å². The Bertz CT molecular complexity index is 316. The van der Waals surface area contributed by atoms with Crippen molar-refractivity contribution in [2.45, 2.75) is 39.0 Å². The number of hydrogen-bond acceptors (Lipinski definition) is 1. The number of ether oxygens (including phenoxy) is 1. The van der Waals surface area contributed by atoms with Gasteiger partial charge in [-0.3, -0.25) is 0 Å². The van der Waals surface area contributed by atoms with E-state index in [1.165, 1.54) is 18.6 Å². The fourth-order valence-corrected chi connectivity index (χ4v) is 1.47. The van der Waals surface area contributed by atoms with Crippen LogP contribution in [-0.2, 0) is 0 Å². The van der Waals surface area contributed by atoms with E-state index in [1.54, 1.807) is 12.1 Å². The highest BCUT2D eigenvalue weighted by Gasteiger charge is 2.30. The summed E-state index contributed by atoms with van der Waals surface area (Å²) in [6.07, 6.45) is 1.79. The van der Waals surface area contributed by atoms with Crippen molar-refractivity contribution in [3.63, 3.8) is 0 Å². The third kappa shape index (κ3) is 6.19. The minimum atomic E-state index is -4.62. The van der Waals surface area contributed by atoms with Gasteiger partial charge < -0.3 is 4.74 Å². The van der Waals surface area contributed by atoms with Gasteiger partial charge in [-0.2, -0.15) is 0 Å². The van der Waals surface area contributed by atoms with Crippen molar-refractivity contribution in [3.05, 3.63) is 36.2 Å². The number of halogens is 3. The number of alkyl halides is 3. The molecule has 0 unspecified atom stereocenters. The Morgan fingerprint density at radius 2 is 1.76 bits per heavy atom. The molecule has 1 aromatic carbocycles. The minimum absolute atomic E-state index is 0.178. The molecule has 0 aromatic heterocycles. The second kappa shape index (κ2) is 6.52. The zero-order valence-corrected chi connectivity index (χ0v) is 9.76. The van der Waals surface area contributed by atoms with Crippen molar-refractivity contribution in [1.82, 2.24) is 0 Å². The molecule has 1 radical (unpaired) electrons. The van der Waals surface area contributed by atoms with E-state index in [4.69, 9.17) is 0 Å². The fraction of sp³-hybridized carbons (Fsp3) is 0.462. The molecule has 0 saturated heterocycles. The zero-order valence-electron chi connectivity index (χ0n) is 9.76. The first-order chi connectivity index (χ1) is 8.01. The van der Waals surface area contributed by atoms with Crippen LogP contribution in [0.2, 0.25) is 0 Å². The monoisotopic (exact) mass is 245 g/mol. The lowest BCUT2D eigenvalue weighted by atomic mass is 10.1. The Hall–Kier alpha value is -1.19. The normalized spacial score (nSPS) is 11.5. The quantitative estimate of drug-likeness (QED) is 0.659. The predicted octanol–water partition coefficient (Wildman–Crippen LogP) is 4.72. The summed E-state index contributed by atoms with van der Waals surface area (Å²) in [5, 5.41) is 0. The third-order valence-electron chi connectivity index (χ3n) is 2.30. The van der Waals surface area contributed by atoms with E-state index in [-0.39, 0.29) is 5.75 Å². The van der Waals surface area contributed by atoms with E-state index in [0.717, 1.165) is 24.8 Å². The summed E-state index contributed by atoms with van der Waals surface area (Å²) in [6.45, 7) is 2.13. The Kier molecular flexibility index (Phi) is 5.32. The van der Waals surface area contributed by atoms with Crippen LogP contribution >= 0.6 is 0 Å². The maximum absolute atomic E-state index is 11.9. The third-order valence-corrected chi connectivity index (χ3v) is 2.30. The lowest BCUT2D eigenvalue weighted by Crippen LogP contribution is -2.16. The molecular formula is C13H16F3O. The van der Waals surface area contributed by atoms with Crippen molar-refractivity contribution in [2.24, 2.45) is 0 Å². The van der Waals surface area contributed by atoms with Gasteiger partial charge in [0.25, 0.3) is 0 Å². The van der Waals surface area contributed by atoms with Crippen LogP contribution in [-0.4, -0.2) is 6.36 Å². The van der Waals surface area contributed by atoms with E-state index >= 15 is 0 Å². The fourth-order valence-electron chi connectivity index (χ4n) is 1.47. The first-order valence-corrected chi connectivity index (χ1v) is 5.70. The van der Waals surface area contributed by atoms with Crippen LogP contribution in [0.1, 0.15) is 38.2 Å². The molecule has 0 N–H and O–H groups in total. The molecule has 0 fully saturated rings. The van der Waals surface area contributed by atoms with Crippen LogP contribution in [0.5, 0.6) is 5.75 Å². The average Bonchev–Trinajstić information content (AvgIpc) is 2.25. The number of benzene rings is 1. The van der Waals surface area contributed by atoms with Gasteiger partial charge in [-0.25, -0.2) is 0 Å². The van der Waals surface area contributed by atoms with Gasteiger partial charge in [0.2, 0.25) is 0 Å². The molecule has 1 aromatic rings. The summed E-state index contributed by atoms with van der Waals surface area (Å²) < 4.78 is 39.5. The Morgan fingerprint density at radius 1 is 1.12 bits per heavy atom. The van der Waals surface area contributed by atoms with Gasteiger partial charge in [-0.15, -0.1) is 13.2 Å². The second-order valence-corrected chi connectivity index (χ2v) is 3.82. The Balaban J connectivity index is 2.39. The molecule has 1 nitrogen and oxygen atoms in total. The van der Waals surface area contributed by atoms with Crippen LogP contribution in [0.25, 0.3) is 0 Å². The van der Waals surface area contributed by atoms with Gasteiger partial charge in [-0.05, 0) is 30.5 Å². The summed E-state index contributed by atoms with van der Waals surface area (Å²) in [5.74, 6) is -0.178. The van der Waals surface area contributed by atoms with Crippen molar-refractivity contribution >= 4 is 0 Å². The summed E-state index contributed by atoms with van der Waals surface area (Å²) in [4.78, 5) is 0. The molecule has 0 aliphatic heterocycles. The second-order valence-electron chi connectivity index (χ2n) is 3.82. The molecule has 0 atom stereocenters. The highest BCUT2D eigenvalue weighted by molar-refractivity contribution is 5.31. The van der Waals surface area contributed by atoms with E-state index < -0.39 is 6.36 Å². The lowest BCUT2D eigenvalue weighted by molar-refractivity contribution is -0.274. The molecule has 1 rings (SSSR count). The van der Waals surface area contributed by atoms with E-state index in [0.29, 0.717) is 0 Å². The minimum Gasteiger partial charge on any atom is -0.406 e. The molecule has 0 saturated carbocycles. The Morgan fingerprint density at radius 3 is 2.29 bits per heavy atom. The standard InChI is InChI=1S/C13H16F3O/c1-2-3-4-5-6-11-7-9-12(10-8-11)17-13(14,15)16/h6-10H,2-5H2,1H3. The van der Waals surface area contributed by atoms with E-state index in [9.17, 15) is 13.2 Å². The summed E-state index contributed by atoms with van der Waals surface area (Å²) in [5.41, 5.74) is 0.927. The molecule has 95 valence electrons. The van der Waals surface area contributed by atoms with Crippen molar-refractivity contribution in [1.29, 1.82) is 0 Å². The molecule has 0 heterocycles. The average molecular weight is 245 g/mol. The number of rotatable bonds is 6. The van der Waals surface area contributed by atoms with Crippen LogP contribution < -0.4 is 4.74 Å². The maximum Gasteiger partial charge on any atom is 0.573 e. The van der Waals surface area contributed by atoms with Crippen LogP contribution in [0, 0.1) is 6.42 Å². The van der Waals surface area contributed by atoms with Gasteiger partial charge in [0, 0.05) is 0 Å². The summed E-state index contributed by atoms with van der Waals surface area (Å²) in [6, 6.07) is 5.93. The smallest absolute Gasteiger partial charge is 0.406 e. The molecule has 17 heavy (non-hydrogen) atoms. The molecule has 0 spiro atoms.